The zero-order valence-corrected chi connectivity index (χ0v) is 9.29. The SMILES string of the molecule is C=CCCNc1nc(Cl)nc(OCC)n1. The lowest BCUT2D eigenvalue weighted by atomic mass is 10.4. The first-order valence-electron chi connectivity index (χ1n) is 4.65. The molecule has 0 saturated heterocycles. The quantitative estimate of drug-likeness (QED) is 0.595. The predicted octanol–water partition coefficient (Wildman–Crippen LogP) is 1.91. The van der Waals surface area contributed by atoms with Crippen LogP contribution < -0.4 is 10.1 Å². The highest BCUT2D eigenvalue weighted by atomic mass is 35.5. The minimum atomic E-state index is 0.120. The van der Waals surface area contributed by atoms with E-state index in [0.29, 0.717) is 19.1 Å². The molecule has 5 nitrogen and oxygen atoms in total. The van der Waals surface area contributed by atoms with E-state index in [1.165, 1.54) is 0 Å². The summed E-state index contributed by atoms with van der Waals surface area (Å²) in [5.41, 5.74) is 0. The Kier molecular flexibility index (Phi) is 4.83. The molecule has 0 spiro atoms. The summed E-state index contributed by atoms with van der Waals surface area (Å²) in [6.07, 6.45) is 2.63. The second-order valence-electron chi connectivity index (χ2n) is 2.65. The van der Waals surface area contributed by atoms with Crippen molar-refractivity contribution in [2.24, 2.45) is 0 Å². The van der Waals surface area contributed by atoms with Gasteiger partial charge in [-0.2, -0.15) is 15.0 Å². The number of halogens is 1. The summed E-state index contributed by atoms with van der Waals surface area (Å²) in [4.78, 5) is 11.7. The standard InChI is InChI=1S/C9H13ClN4O/c1-3-5-6-11-8-12-7(10)13-9(14-8)15-4-2/h3H,1,4-6H2,2H3,(H,11,12,13,14). The number of nitrogens with one attached hydrogen (secondary N) is 1. The van der Waals surface area contributed by atoms with Gasteiger partial charge >= 0.3 is 6.01 Å². The largest absolute Gasteiger partial charge is 0.464 e. The van der Waals surface area contributed by atoms with Gasteiger partial charge in [-0.1, -0.05) is 6.08 Å². The van der Waals surface area contributed by atoms with Crippen LogP contribution in [0, 0.1) is 0 Å². The molecule has 0 unspecified atom stereocenters. The first kappa shape index (κ1) is 11.7. The van der Waals surface area contributed by atoms with E-state index in [9.17, 15) is 0 Å². The van der Waals surface area contributed by atoms with E-state index in [-0.39, 0.29) is 11.3 Å². The first-order valence-corrected chi connectivity index (χ1v) is 5.03. The number of hydrogen-bond acceptors (Lipinski definition) is 5. The molecule has 0 aromatic carbocycles. The fourth-order valence-corrected chi connectivity index (χ4v) is 1.04. The Bertz CT molecular complexity index is 332. The minimum absolute atomic E-state index is 0.120. The third-order valence-corrected chi connectivity index (χ3v) is 1.66. The fraction of sp³-hybridized carbons (Fsp3) is 0.444. The average molecular weight is 229 g/mol. The van der Waals surface area contributed by atoms with Gasteiger partial charge in [-0.3, -0.25) is 0 Å². The van der Waals surface area contributed by atoms with Gasteiger partial charge in [-0.05, 0) is 24.9 Å². The maximum atomic E-state index is 5.70. The van der Waals surface area contributed by atoms with Crippen molar-refractivity contribution in [3.63, 3.8) is 0 Å². The van der Waals surface area contributed by atoms with Gasteiger partial charge < -0.3 is 10.1 Å². The van der Waals surface area contributed by atoms with Gasteiger partial charge in [-0.25, -0.2) is 0 Å². The van der Waals surface area contributed by atoms with Crippen molar-refractivity contribution in [3.8, 4) is 6.01 Å². The second-order valence-corrected chi connectivity index (χ2v) is 2.99. The lowest BCUT2D eigenvalue weighted by Crippen LogP contribution is -2.07. The van der Waals surface area contributed by atoms with Crippen molar-refractivity contribution in [1.82, 2.24) is 15.0 Å². The van der Waals surface area contributed by atoms with E-state index in [0.717, 1.165) is 6.42 Å². The fourth-order valence-electron chi connectivity index (χ4n) is 0.891. The zero-order valence-electron chi connectivity index (χ0n) is 8.53. The molecule has 0 amide bonds. The summed E-state index contributed by atoms with van der Waals surface area (Å²) in [7, 11) is 0. The van der Waals surface area contributed by atoms with E-state index in [1.807, 2.05) is 6.92 Å². The maximum absolute atomic E-state index is 5.70. The normalized spacial score (nSPS) is 9.73. The van der Waals surface area contributed by atoms with Crippen LogP contribution in [0.1, 0.15) is 13.3 Å². The molecule has 82 valence electrons. The van der Waals surface area contributed by atoms with E-state index in [1.54, 1.807) is 6.08 Å². The molecule has 1 heterocycles. The Labute approximate surface area is 93.6 Å². The van der Waals surface area contributed by atoms with Crippen LogP contribution in [0.15, 0.2) is 12.7 Å². The highest BCUT2D eigenvalue weighted by molar-refractivity contribution is 6.28. The summed E-state index contributed by atoms with van der Waals surface area (Å²) in [6, 6.07) is 0.235. The van der Waals surface area contributed by atoms with Crippen LogP contribution in [-0.2, 0) is 0 Å². The third kappa shape index (κ3) is 4.12. The summed E-state index contributed by atoms with van der Waals surface area (Å²) in [6.45, 7) is 6.66. The lowest BCUT2D eigenvalue weighted by Gasteiger charge is -2.05. The molecule has 1 aromatic rings. The molecule has 0 fully saturated rings. The topological polar surface area (TPSA) is 59.9 Å². The van der Waals surface area contributed by atoms with Gasteiger partial charge in [0.25, 0.3) is 0 Å². The van der Waals surface area contributed by atoms with Crippen LogP contribution in [0.3, 0.4) is 0 Å². The van der Waals surface area contributed by atoms with Crippen molar-refractivity contribution >= 4 is 17.5 Å². The highest BCUT2D eigenvalue weighted by Gasteiger charge is 2.04. The molecule has 1 N–H and O–H groups in total. The molecule has 0 aliphatic rings. The number of ether oxygens (including phenoxy) is 1. The smallest absolute Gasteiger partial charge is 0.322 e. The molecule has 0 radical (unpaired) electrons. The molecular formula is C9H13ClN4O. The van der Waals surface area contributed by atoms with Crippen LogP contribution >= 0.6 is 11.6 Å². The molecule has 1 aromatic heterocycles. The molecular weight excluding hydrogens is 216 g/mol. The van der Waals surface area contributed by atoms with Crippen molar-refractivity contribution in [1.29, 1.82) is 0 Å². The third-order valence-electron chi connectivity index (χ3n) is 1.49. The molecule has 15 heavy (non-hydrogen) atoms. The molecule has 1 rings (SSSR count). The number of aromatic nitrogens is 3. The molecule has 0 saturated carbocycles. The summed E-state index contributed by atoms with van der Waals surface area (Å²) < 4.78 is 5.13. The number of nitrogens with zero attached hydrogens (tertiary/aromatic N) is 3. The van der Waals surface area contributed by atoms with Crippen LogP contribution in [0.4, 0.5) is 5.95 Å². The van der Waals surface area contributed by atoms with Crippen molar-refractivity contribution in [3.05, 3.63) is 17.9 Å². The zero-order chi connectivity index (χ0) is 11.1. The average Bonchev–Trinajstić information content (AvgIpc) is 2.18. The monoisotopic (exact) mass is 228 g/mol. The van der Waals surface area contributed by atoms with E-state index < -0.39 is 0 Å². The molecule has 0 bridgehead atoms. The Morgan fingerprint density at radius 1 is 1.47 bits per heavy atom. The van der Waals surface area contributed by atoms with Crippen LogP contribution in [0.5, 0.6) is 6.01 Å². The van der Waals surface area contributed by atoms with Gasteiger partial charge in [0, 0.05) is 6.54 Å². The summed E-state index contributed by atoms with van der Waals surface area (Å²) >= 11 is 5.70. The Balaban J connectivity index is 2.65. The van der Waals surface area contributed by atoms with Crippen LogP contribution in [0.25, 0.3) is 0 Å². The molecule has 0 atom stereocenters. The first-order chi connectivity index (χ1) is 7.26. The second kappa shape index (κ2) is 6.19. The minimum Gasteiger partial charge on any atom is -0.464 e. The Hall–Kier alpha value is -1.36. The Morgan fingerprint density at radius 3 is 2.93 bits per heavy atom. The van der Waals surface area contributed by atoms with Gasteiger partial charge in [-0.15, -0.1) is 6.58 Å². The molecule has 0 aliphatic heterocycles. The summed E-state index contributed by atoms with van der Waals surface area (Å²) in [5, 5.41) is 3.11. The lowest BCUT2D eigenvalue weighted by molar-refractivity contribution is 0.312. The maximum Gasteiger partial charge on any atom is 0.322 e. The molecule has 0 aliphatic carbocycles. The van der Waals surface area contributed by atoms with Crippen molar-refractivity contribution in [2.75, 3.05) is 18.5 Å². The van der Waals surface area contributed by atoms with E-state index >= 15 is 0 Å². The van der Waals surface area contributed by atoms with Gasteiger partial charge in [0.05, 0.1) is 6.61 Å². The van der Waals surface area contributed by atoms with Crippen LogP contribution in [0.2, 0.25) is 5.28 Å². The number of hydrogen-bond donors (Lipinski definition) is 1. The Morgan fingerprint density at radius 2 is 2.27 bits per heavy atom. The highest BCUT2D eigenvalue weighted by Crippen LogP contribution is 2.10. The van der Waals surface area contributed by atoms with Gasteiger partial charge in [0.2, 0.25) is 11.2 Å². The van der Waals surface area contributed by atoms with Crippen molar-refractivity contribution < 1.29 is 4.74 Å². The van der Waals surface area contributed by atoms with E-state index in [2.05, 4.69) is 26.8 Å². The van der Waals surface area contributed by atoms with Gasteiger partial charge in [0.15, 0.2) is 0 Å². The molecule has 6 heteroatoms. The van der Waals surface area contributed by atoms with Gasteiger partial charge in [0.1, 0.15) is 0 Å². The summed E-state index contributed by atoms with van der Waals surface area (Å²) in [5.74, 6) is 0.417. The van der Waals surface area contributed by atoms with E-state index in [4.69, 9.17) is 16.3 Å². The number of rotatable bonds is 6. The predicted molar refractivity (Wildman–Crippen MR) is 59.3 cm³/mol. The van der Waals surface area contributed by atoms with Crippen LogP contribution in [-0.4, -0.2) is 28.1 Å². The van der Waals surface area contributed by atoms with Crippen molar-refractivity contribution in [2.45, 2.75) is 13.3 Å². The number of anilines is 1.